The van der Waals surface area contributed by atoms with Gasteiger partial charge in [0.05, 0.1) is 0 Å². The van der Waals surface area contributed by atoms with E-state index in [1.165, 1.54) is 51.4 Å². The van der Waals surface area contributed by atoms with Gasteiger partial charge in [-0.05, 0) is 57.7 Å². The Morgan fingerprint density at radius 1 is 1.08 bits per heavy atom. The number of amides is 1. The first-order chi connectivity index (χ1) is 11.2. The molecule has 0 saturated heterocycles. The second-order valence-electron chi connectivity index (χ2n) is 7.92. The van der Waals surface area contributed by atoms with Crippen LogP contribution in [0.2, 0.25) is 0 Å². The van der Waals surface area contributed by atoms with E-state index < -0.39 is 0 Å². The van der Waals surface area contributed by atoms with Crippen molar-refractivity contribution in [1.82, 2.24) is 10.2 Å². The number of nitrogens with two attached hydrogens (primary N) is 1. The van der Waals surface area contributed by atoms with Gasteiger partial charge in [0, 0.05) is 19.0 Å². The van der Waals surface area contributed by atoms with E-state index in [0.29, 0.717) is 13.0 Å². The standard InChI is InChI=1S/C19H37N3O.2ClH/c1-22(17-9-4-2-5-10-17)14-8-13-21-18(23)15-19(16-20)11-6-3-7-12-19;;/h17H,2-16,20H2,1H3,(H,21,23);2*1H. The van der Waals surface area contributed by atoms with Crippen LogP contribution in [0.3, 0.4) is 0 Å². The minimum atomic E-state index is 0. The van der Waals surface area contributed by atoms with Crippen molar-refractivity contribution >= 4 is 30.7 Å². The lowest BCUT2D eigenvalue weighted by Gasteiger charge is -2.35. The molecule has 2 rings (SSSR count). The zero-order valence-corrected chi connectivity index (χ0v) is 17.6. The van der Waals surface area contributed by atoms with Gasteiger partial charge in [-0.2, -0.15) is 0 Å². The summed E-state index contributed by atoms with van der Waals surface area (Å²) in [5.41, 5.74) is 6.06. The van der Waals surface area contributed by atoms with Gasteiger partial charge in [0.1, 0.15) is 0 Å². The van der Waals surface area contributed by atoms with E-state index in [2.05, 4.69) is 17.3 Å². The summed E-state index contributed by atoms with van der Waals surface area (Å²) in [5, 5.41) is 3.13. The SMILES string of the molecule is CN(CCCNC(=O)CC1(CN)CCCCC1)C1CCCCC1.Cl.Cl. The highest BCUT2D eigenvalue weighted by molar-refractivity contribution is 5.85. The molecule has 0 heterocycles. The van der Waals surface area contributed by atoms with Gasteiger partial charge in [0.2, 0.25) is 5.91 Å². The Hall–Kier alpha value is -0.0300. The van der Waals surface area contributed by atoms with Gasteiger partial charge in [-0.3, -0.25) is 4.79 Å². The van der Waals surface area contributed by atoms with Crippen molar-refractivity contribution in [2.75, 3.05) is 26.7 Å². The number of carbonyl (C=O) groups excluding carboxylic acids is 1. The highest BCUT2D eigenvalue weighted by Crippen LogP contribution is 2.38. The molecular weight excluding hydrogens is 357 g/mol. The van der Waals surface area contributed by atoms with Crippen molar-refractivity contribution in [1.29, 1.82) is 0 Å². The Bertz CT molecular complexity index is 357. The van der Waals surface area contributed by atoms with Crippen LogP contribution in [0.4, 0.5) is 0 Å². The summed E-state index contributed by atoms with van der Waals surface area (Å²) in [7, 11) is 2.24. The molecule has 2 fully saturated rings. The fraction of sp³-hybridized carbons (Fsp3) is 0.947. The summed E-state index contributed by atoms with van der Waals surface area (Å²) in [6.45, 7) is 2.55. The molecule has 0 aromatic heterocycles. The van der Waals surface area contributed by atoms with Crippen molar-refractivity contribution in [2.45, 2.75) is 83.1 Å². The van der Waals surface area contributed by atoms with E-state index in [4.69, 9.17) is 5.73 Å². The number of rotatable bonds is 8. The Morgan fingerprint density at radius 3 is 2.28 bits per heavy atom. The molecule has 0 unspecified atom stereocenters. The number of halogens is 2. The lowest BCUT2D eigenvalue weighted by molar-refractivity contribution is -0.123. The third kappa shape index (κ3) is 8.47. The molecule has 4 nitrogen and oxygen atoms in total. The summed E-state index contributed by atoms with van der Waals surface area (Å²) in [6, 6.07) is 0.766. The van der Waals surface area contributed by atoms with Crippen LogP contribution < -0.4 is 11.1 Å². The van der Waals surface area contributed by atoms with Crippen molar-refractivity contribution in [3.63, 3.8) is 0 Å². The van der Waals surface area contributed by atoms with Gasteiger partial charge in [-0.15, -0.1) is 24.8 Å². The average Bonchev–Trinajstić information content (AvgIpc) is 2.60. The predicted octanol–water partition coefficient (Wildman–Crippen LogP) is 3.90. The topological polar surface area (TPSA) is 58.4 Å². The maximum Gasteiger partial charge on any atom is 0.220 e. The normalized spacial score (nSPS) is 20.4. The van der Waals surface area contributed by atoms with E-state index in [9.17, 15) is 4.79 Å². The van der Waals surface area contributed by atoms with Crippen molar-refractivity contribution < 1.29 is 4.79 Å². The molecule has 2 aliphatic rings. The highest BCUT2D eigenvalue weighted by Gasteiger charge is 2.32. The van der Waals surface area contributed by atoms with Gasteiger partial charge in [0.15, 0.2) is 0 Å². The van der Waals surface area contributed by atoms with Crippen LogP contribution in [0.15, 0.2) is 0 Å². The van der Waals surface area contributed by atoms with Crippen LogP contribution >= 0.6 is 24.8 Å². The van der Waals surface area contributed by atoms with E-state index >= 15 is 0 Å². The molecule has 2 aliphatic carbocycles. The zero-order valence-electron chi connectivity index (χ0n) is 15.9. The van der Waals surface area contributed by atoms with Gasteiger partial charge in [-0.25, -0.2) is 0 Å². The summed E-state index contributed by atoms with van der Waals surface area (Å²) >= 11 is 0. The minimum absolute atomic E-state index is 0. The first kappa shape index (κ1) is 25.0. The monoisotopic (exact) mass is 395 g/mol. The largest absolute Gasteiger partial charge is 0.356 e. The Balaban J connectivity index is 0.00000288. The van der Waals surface area contributed by atoms with Crippen LogP contribution in [0.5, 0.6) is 0 Å². The quantitative estimate of drug-likeness (QED) is 0.612. The van der Waals surface area contributed by atoms with Crippen molar-refractivity contribution in [3.8, 4) is 0 Å². The molecule has 0 aromatic carbocycles. The third-order valence-corrected chi connectivity index (χ3v) is 6.09. The number of nitrogens with zero attached hydrogens (tertiary/aromatic N) is 1. The summed E-state index contributed by atoms with van der Waals surface area (Å²) < 4.78 is 0. The zero-order chi connectivity index (χ0) is 16.5. The molecule has 3 N–H and O–H groups in total. The Kier molecular flexibility index (Phi) is 13.2. The van der Waals surface area contributed by atoms with Crippen LogP contribution in [0, 0.1) is 5.41 Å². The molecule has 6 heteroatoms. The molecule has 0 spiro atoms. The molecular formula is C19H39Cl2N3O. The maximum absolute atomic E-state index is 12.2. The molecule has 0 bridgehead atoms. The van der Waals surface area contributed by atoms with E-state index in [1.54, 1.807) is 0 Å². The maximum atomic E-state index is 12.2. The number of carbonyl (C=O) groups is 1. The van der Waals surface area contributed by atoms with Gasteiger partial charge in [0.25, 0.3) is 0 Å². The van der Waals surface area contributed by atoms with E-state index in [-0.39, 0.29) is 36.1 Å². The van der Waals surface area contributed by atoms with E-state index in [0.717, 1.165) is 38.4 Å². The third-order valence-electron chi connectivity index (χ3n) is 6.09. The summed E-state index contributed by atoms with van der Waals surface area (Å²) in [6.07, 6.45) is 14.6. The van der Waals surface area contributed by atoms with Crippen LogP contribution in [0.25, 0.3) is 0 Å². The van der Waals surface area contributed by atoms with Crippen molar-refractivity contribution in [2.24, 2.45) is 11.1 Å². The second-order valence-corrected chi connectivity index (χ2v) is 7.92. The molecule has 2 saturated carbocycles. The lowest BCUT2D eigenvalue weighted by Crippen LogP contribution is -2.39. The molecule has 0 atom stereocenters. The van der Waals surface area contributed by atoms with Gasteiger partial charge < -0.3 is 16.0 Å². The Morgan fingerprint density at radius 2 is 1.68 bits per heavy atom. The molecule has 0 radical (unpaired) electrons. The summed E-state index contributed by atoms with van der Waals surface area (Å²) in [5.74, 6) is 0.206. The first-order valence-corrected chi connectivity index (χ1v) is 9.82. The van der Waals surface area contributed by atoms with Crippen molar-refractivity contribution in [3.05, 3.63) is 0 Å². The fourth-order valence-corrected chi connectivity index (χ4v) is 4.42. The minimum Gasteiger partial charge on any atom is -0.356 e. The molecule has 150 valence electrons. The molecule has 1 amide bonds. The second kappa shape index (κ2) is 13.2. The lowest BCUT2D eigenvalue weighted by atomic mass is 9.71. The smallest absolute Gasteiger partial charge is 0.220 e. The number of hydrogen-bond acceptors (Lipinski definition) is 3. The summed E-state index contributed by atoms with van der Waals surface area (Å²) in [4.78, 5) is 14.7. The molecule has 0 aliphatic heterocycles. The Labute approximate surface area is 166 Å². The van der Waals surface area contributed by atoms with Crippen LogP contribution in [-0.2, 0) is 4.79 Å². The molecule has 0 aromatic rings. The van der Waals surface area contributed by atoms with Crippen LogP contribution in [0.1, 0.15) is 77.0 Å². The highest BCUT2D eigenvalue weighted by atomic mass is 35.5. The van der Waals surface area contributed by atoms with Crippen LogP contribution in [-0.4, -0.2) is 43.5 Å². The van der Waals surface area contributed by atoms with Gasteiger partial charge in [-0.1, -0.05) is 38.5 Å². The number of hydrogen-bond donors (Lipinski definition) is 2. The average molecular weight is 396 g/mol. The first-order valence-electron chi connectivity index (χ1n) is 9.82. The number of nitrogens with one attached hydrogen (secondary N) is 1. The predicted molar refractivity (Wildman–Crippen MR) is 111 cm³/mol. The van der Waals surface area contributed by atoms with E-state index in [1.807, 2.05) is 0 Å². The molecule has 25 heavy (non-hydrogen) atoms. The van der Waals surface area contributed by atoms with Gasteiger partial charge >= 0.3 is 0 Å². The fourth-order valence-electron chi connectivity index (χ4n) is 4.42.